The molecule has 2 heterocycles. The molecule has 1 aromatic heterocycles. The van der Waals surface area contributed by atoms with Gasteiger partial charge in [0.2, 0.25) is 0 Å². The predicted molar refractivity (Wildman–Crippen MR) is 67.7 cm³/mol. The van der Waals surface area contributed by atoms with Crippen molar-refractivity contribution in [1.29, 1.82) is 0 Å². The minimum absolute atomic E-state index is 0.215. The van der Waals surface area contributed by atoms with Crippen LogP contribution < -0.4 is 4.90 Å². The first-order chi connectivity index (χ1) is 8.65. The highest BCUT2D eigenvalue weighted by Gasteiger charge is 2.18. The van der Waals surface area contributed by atoms with Crippen molar-refractivity contribution in [2.75, 3.05) is 37.6 Å². The molecule has 1 aliphatic heterocycles. The zero-order chi connectivity index (χ0) is 13.0. The van der Waals surface area contributed by atoms with Crippen LogP contribution in [0, 0.1) is 6.92 Å². The monoisotopic (exact) mass is 250 g/mol. The fourth-order valence-electron chi connectivity index (χ4n) is 2.07. The number of aryl methyl sites for hydroxylation is 1. The highest BCUT2D eigenvalue weighted by Crippen LogP contribution is 2.12. The molecule has 2 rings (SSSR count). The largest absolute Gasteiger partial charge is 0.481 e. The van der Waals surface area contributed by atoms with Crippen LogP contribution in [0.25, 0.3) is 0 Å². The van der Waals surface area contributed by atoms with Crippen molar-refractivity contribution in [2.24, 2.45) is 0 Å². The van der Waals surface area contributed by atoms with E-state index in [0.29, 0.717) is 6.54 Å². The Morgan fingerprint density at radius 1 is 1.39 bits per heavy atom. The lowest BCUT2D eigenvalue weighted by atomic mass is 10.3. The average molecular weight is 250 g/mol. The van der Waals surface area contributed by atoms with Crippen LogP contribution in [0.2, 0.25) is 0 Å². The molecule has 1 aliphatic rings. The topological polar surface area (TPSA) is 69.6 Å². The minimum Gasteiger partial charge on any atom is -0.481 e. The van der Waals surface area contributed by atoms with Crippen molar-refractivity contribution >= 4 is 11.8 Å². The Labute approximate surface area is 106 Å². The molecule has 0 spiro atoms. The third-order valence-corrected chi connectivity index (χ3v) is 3.10. The van der Waals surface area contributed by atoms with Gasteiger partial charge in [0.05, 0.1) is 6.42 Å². The van der Waals surface area contributed by atoms with E-state index in [-0.39, 0.29) is 6.42 Å². The summed E-state index contributed by atoms with van der Waals surface area (Å²) in [6.07, 6.45) is 1.99. The molecule has 0 saturated carbocycles. The standard InChI is InChI=1S/C12H18N4O2/c1-10-13-4-2-11(14-10)16-8-6-15(7-9-16)5-3-12(17)18/h2,4H,3,5-9H2,1H3,(H,17,18). The maximum atomic E-state index is 10.5. The average Bonchev–Trinajstić information content (AvgIpc) is 2.37. The minimum atomic E-state index is -0.733. The normalized spacial score (nSPS) is 16.8. The van der Waals surface area contributed by atoms with Gasteiger partial charge in [-0.1, -0.05) is 0 Å². The van der Waals surface area contributed by atoms with Crippen molar-refractivity contribution in [3.05, 3.63) is 18.1 Å². The van der Waals surface area contributed by atoms with Gasteiger partial charge in [-0.2, -0.15) is 0 Å². The summed E-state index contributed by atoms with van der Waals surface area (Å²) in [7, 11) is 0. The summed E-state index contributed by atoms with van der Waals surface area (Å²) in [4.78, 5) is 23.4. The molecule has 1 aromatic rings. The number of aromatic nitrogens is 2. The van der Waals surface area contributed by atoms with E-state index in [4.69, 9.17) is 5.11 Å². The molecule has 0 aromatic carbocycles. The highest BCUT2D eigenvalue weighted by atomic mass is 16.4. The van der Waals surface area contributed by atoms with E-state index < -0.39 is 5.97 Å². The SMILES string of the molecule is Cc1nccc(N2CCN(CCC(=O)O)CC2)n1. The van der Waals surface area contributed by atoms with Crippen LogP contribution in [0.1, 0.15) is 12.2 Å². The molecule has 0 unspecified atom stereocenters. The summed E-state index contributed by atoms with van der Waals surface area (Å²) in [5, 5.41) is 8.65. The van der Waals surface area contributed by atoms with Crippen LogP contribution in [0.4, 0.5) is 5.82 Å². The van der Waals surface area contributed by atoms with Crippen LogP contribution >= 0.6 is 0 Å². The first kappa shape index (κ1) is 12.8. The molecule has 1 N–H and O–H groups in total. The van der Waals surface area contributed by atoms with E-state index in [9.17, 15) is 4.79 Å². The van der Waals surface area contributed by atoms with Crippen LogP contribution in [0.5, 0.6) is 0 Å². The number of piperazine rings is 1. The Morgan fingerprint density at radius 2 is 2.11 bits per heavy atom. The number of hydrogen-bond donors (Lipinski definition) is 1. The molecule has 1 saturated heterocycles. The smallest absolute Gasteiger partial charge is 0.304 e. The van der Waals surface area contributed by atoms with Crippen molar-refractivity contribution in [1.82, 2.24) is 14.9 Å². The second-order valence-corrected chi connectivity index (χ2v) is 4.43. The van der Waals surface area contributed by atoms with E-state index in [1.54, 1.807) is 6.20 Å². The van der Waals surface area contributed by atoms with Crippen molar-refractivity contribution in [2.45, 2.75) is 13.3 Å². The molecule has 0 radical (unpaired) electrons. The molecule has 0 amide bonds. The van der Waals surface area contributed by atoms with Gasteiger partial charge in [0.1, 0.15) is 11.6 Å². The van der Waals surface area contributed by atoms with E-state index in [1.807, 2.05) is 13.0 Å². The van der Waals surface area contributed by atoms with Gasteiger partial charge < -0.3 is 10.0 Å². The molecular weight excluding hydrogens is 232 g/mol. The van der Waals surface area contributed by atoms with Crippen molar-refractivity contribution in [3.8, 4) is 0 Å². The van der Waals surface area contributed by atoms with Crippen LogP contribution in [-0.4, -0.2) is 58.7 Å². The first-order valence-corrected chi connectivity index (χ1v) is 6.14. The second kappa shape index (κ2) is 5.77. The lowest BCUT2D eigenvalue weighted by molar-refractivity contribution is -0.137. The van der Waals surface area contributed by atoms with Crippen LogP contribution in [0.15, 0.2) is 12.3 Å². The summed E-state index contributed by atoms with van der Waals surface area (Å²) in [6, 6.07) is 1.92. The summed E-state index contributed by atoms with van der Waals surface area (Å²) >= 11 is 0. The van der Waals surface area contributed by atoms with Gasteiger partial charge >= 0.3 is 5.97 Å². The maximum Gasteiger partial charge on any atom is 0.304 e. The first-order valence-electron chi connectivity index (χ1n) is 6.14. The molecule has 98 valence electrons. The number of carboxylic acids is 1. The van der Waals surface area contributed by atoms with E-state index >= 15 is 0 Å². The highest BCUT2D eigenvalue weighted by molar-refractivity contribution is 5.66. The van der Waals surface area contributed by atoms with E-state index in [2.05, 4.69) is 19.8 Å². The zero-order valence-corrected chi connectivity index (χ0v) is 10.5. The van der Waals surface area contributed by atoms with Crippen molar-refractivity contribution < 1.29 is 9.90 Å². The number of aliphatic carboxylic acids is 1. The van der Waals surface area contributed by atoms with Gasteiger partial charge in [0.25, 0.3) is 0 Å². The van der Waals surface area contributed by atoms with Gasteiger partial charge in [-0.3, -0.25) is 9.69 Å². The predicted octanol–water partition coefficient (Wildman–Crippen LogP) is 0.382. The molecule has 0 aliphatic carbocycles. The van der Waals surface area contributed by atoms with Gasteiger partial charge in [-0.05, 0) is 13.0 Å². The molecule has 0 bridgehead atoms. The number of rotatable bonds is 4. The van der Waals surface area contributed by atoms with Gasteiger partial charge in [-0.15, -0.1) is 0 Å². The van der Waals surface area contributed by atoms with E-state index in [0.717, 1.165) is 37.8 Å². The Kier molecular flexibility index (Phi) is 4.09. The molecule has 18 heavy (non-hydrogen) atoms. The Morgan fingerprint density at radius 3 is 2.72 bits per heavy atom. The lowest BCUT2D eigenvalue weighted by Crippen LogP contribution is -2.47. The fourth-order valence-corrected chi connectivity index (χ4v) is 2.07. The van der Waals surface area contributed by atoms with Gasteiger partial charge in [0, 0.05) is 38.9 Å². The van der Waals surface area contributed by atoms with Gasteiger partial charge in [0.15, 0.2) is 0 Å². The quantitative estimate of drug-likeness (QED) is 0.833. The summed E-state index contributed by atoms with van der Waals surface area (Å²) < 4.78 is 0. The van der Waals surface area contributed by atoms with Crippen LogP contribution in [0.3, 0.4) is 0 Å². The number of anilines is 1. The molecule has 6 heteroatoms. The molecular formula is C12H18N4O2. The molecule has 6 nitrogen and oxygen atoms in total. The number of nitrogens with zero attached hydrogens (tertiary/aromatic N) is 4. The number of carboxylic acid groups (broad SMARTS) is 1. The Bertz CT molecular complexity index is 416. The number of hydrogen-bond acceptors (Lipinski definition) is 5. The summed E-state index contributed by atoms with van der Waals surface area (Å²) in [6.45, 7) is 6.05. The zero-order valence-electron chi connectivity index (χ0n) is 10.5. The molecule has 0 atom stereocenters. The van der Waals surface area contributed by atoms with Gasteiger partial charge in [-0.25, -0.2) is 9.97 Å². The summed E-state index contributed by atoms with van der Waals surface area (Å²) in [5.41, 5.74) is 0. The Hall–Kier alpha value is -1.69. The van der Waals surface area contributed by atoms with Crippen LogP contribution in [-0.2, 0) is 4.79 Å². The van der Waals surface area contributed by atoms with Crippen molar-refractivity contribution in [3.63, 3.8) is 0 Å². The third kappa shape index (κ3) is 3.40. The maximum absolute atomic E-state index is 10.5. The lowest BCUT2D eigenvalue weighted by Gasteiger charge is -2.35. The third-order valence-electron chi connectivity index (χ3n) is 3.10. The Balaban J connectivity index is 1.85. The summed E-state index contributed by atoms with van der Waals surface area (Å²) in [5.74, 6) is 1.00. The fraction of sp³-hybridized carbons (Fsp3) is 0.583. The molecule has 1 fully saturated rings. The number of carbonyl (C=O) groups is 1. The van der Waals surface area contributed by atoms with E-state index in [1.165, 1.54) is 0 Å². The second-order valence-electron chi connectivity index (χ2n) is 4.43.